The van der Waals surface area contributed by atoms with Crippen LogP contribution in [0.3, 0.4) is 0 Å². The molecule has 2 aromatic carbocycles. The van der Waals surface area contributed by atoms with Crippen molar-refractivity contribution < 1.29 is 26.8 Å². The van der Waals surface area contributed by atoms with Crippen molar-refractivity contribution in [3.05, 3.63) is 78.6 Å². The van der Waals surface area contributed by atoms with Gasteiger partial charge in [-0.2, -0.15) is 0 Å². The molecule has 43 heavy (non-hydrogen) atoms. The molecule has 6 aromatic rings. The molecule has 218 valence electrons. The maximum Gasteiger partial charge on any atom is 0.255 e. The molecule has 0 fully saturated rings. The molecule has 0 saturated carbocycles. The van der Waals surface area contributed by atoms with Crippen LogP contribution in [-0.2, 0) is 10.0 Å². The third-order valence-corrected chi connectivity index (χ3v) is 9.30. The van der Waals surface area contributed by atoms with E-state index in [0.717, 1.165) is 25.7 Å². The zero-order valence-corrected chi connectivity index (χ0v) is 25.0. The second-order valence-corrected chi connectivity index (χ2v) is 12.7. The first kappa shape index (κ1) is 28.2. The first-order valence-electron chi connectivity index (χ1n) is 12.9. The summed E-state index contributed by atoms with van der Waals surface area (Å²) in [5.41, 5.74) is 3.01. The lowest BCUT2D eigenvalue weighted by molar-refractivity contribution is 0.0964. The number of carbonyl (C=O) groups excluding carboxylic acids is 1. The number of nitrogens with zero attached hydrogens (tertiary/aromatic N) is 4. The monoisotopic (exact) mass is 617 g/mol. The van der Waals surface area contributed by atoms with Crippen LogP contribution in [0.5, 0.6) is 5.88 Å². The Morgan fingerprint density at radius 3 is 2.49 bits per heavy atom. The molecular weight excluding hydrogens is 593 g/mol. The van der Waals surface area contributed by atoms with E-state index in [1.54, 1.807) is 24.5 Å². The van der Waals surface area contributed by atoms with E-state index in [2.05, 4.69) is 20.3 Å². The highest BCUT2D eigenvalue weighted by Gasteiger charge is 2.26. The molecule has 0 radical (unpaired) electrons. The van der Waals surface area contributed by atoms with Crippen LogP contribution in [-0.4, -0.2) is 56.7 Å². The zero-order valence-electron chi connectivity index (χ0n) is 23.4. The number of nitrogens with one attached hydrogen (secondary N) is 1. The minimum atomic E-state index is -3.72. The highest BCUT2D eigenvalue weighted by Crippen LogP contribution is 2.44. The summed E-state index contributed by atoms with van der Waals surface area (Å²) in [6.45, 7) is 0. The zero-order chi connectivity index (χ0) is 30.5. The smallest absolute Gasteiger partial charge is 0.255 e. The van der Waals surface area contributed by atoms with Crippen LogP contribution >= 0.6 is 11.3 Å². The summed E-state index contributed by atoms with van der Waals surface area (Å²) in [5.74, 6) is -0.267. The Hall–Kier alpha value is -4.88. The predicted octanol–water partition coefficient (Wildman–Crippen LogP) is 5.74. The molecule has 1 amide bonds. The third-order valence-electron chi connectivity index (χ3n) is 7.02. The Labute approximate surface area is 249 Å². The number of thiophene rings is 1. The number of amides is 1. The maximum absolute atomic E-state index is 13.7. The number of fused-ring (bicyclic) bond motifs is 2. The van der Waals surface area contributed by atoms with Gasteiger partial charge < -0.3 is 14.5 Å². The molecule has 0 bridgehead atoms. The van der Waals surface area contributed by atoms with Gasteiger partial charge in [0.2, 0.25) is 15.9 Å². The number of hydrogen-bond acceptors (Lipinski definition) is 9. The number of ether oxygens (including phenoxy) is 1. The molecule has 0 unspecified atom stereocenters. The van der Waals surface area contributed by atoms with E-state index in [1.807, 2.05) is 12.1 Å². The number of rotatable bonds is 7. The van der Waals surface area contributed by atoms with E-state index in [9.17, 15) is 17.6 Å². The summed E-state index contributed by atoms with van der Waals surface area (Å²) in [6, 6.07) is 12.6. The molecule has 0 spiro atoms. The van der Waals surface area contributed by atoms with Crippen molar-refractivity contribution >= 4 is 54.1 Å². The van der Waals surface area contributed by atoms with Crippen LogP contribution in [0.15, 0.2) is 71.7 Å². The number of anilines is 1. The Morgan fingerprint density at radius 2 is 1.81 bits per heavy atom. The average molecular weight is 618 g/mol. The van der Waals surface area contributed by atoms with E-state index in [-0.39, 0.29) is 16.9 Å². The van der Waals surface area contributed by atoms with Gasteiger partial charge in [-0.1, -0.05) is 0 Å². The van der Waals surface area contributed by atoms with Crippen LogP contribution in [0.2, 0.25) is 0 Å². The summed E-state index contributed by atoms with van der Waals surface area (Å²) >= 11 is 1.44. The van der Waals surface area contributed by atoms with Crippen LogP contribution in [0.4, 0.5) is 10.1 Å². The van der Waals surface area contributed by atoms with Crippen molar-refractivity contribution in [3.63, 3.8) is 0 Å². The molecule has 0 atom stereocenters. The van der Waals surface area contributed by atoms with Gasteiger partial charge >= 0.3 is 0 Å². The fourth-order valence-electron chi connectivity index (χ4n) is 4.82. The van der Waals surface area contributed by atoms with Gasteiger partial charge in [0.15, 0.2) is 0 Å². The lowest BCUT2D eigenvalue weighted by atomic mass is 9.98. The highest BCUT2D eigenvalue weighted by atomic mass is 32.2. The van der Waals surface area contributed by atoms with Crippen molar-refractivity contribution in [3.8, 4) is 38.8 Å². The molecule has 6 rings (SSSR count). The topological polar surface area (TPSA) is 128 Å². The van der Waals surface area contributed by atoms with Gasteiger partial charge in [0.1, 0.15) is 28.3 Å². The highest BCUT2D eigenvalue weighted by molar-refractivity contribution is 7.92. The van der Waals surface area contributed by atoms with Crippen molar-refractivity contribution in [1.82, 2.24) is 20.3 Å². The number of carbonyl (C=O) groups is 1. The molecule has 1 N–H and O–H groups in total. The van der Waals surface area contributed by atoms with E-state index in [1.165, 1.54) is 63.1 Å². The Balaban J connectivity index is 1.64. The van der Waals surface area contributed by atoms with Crippen LogP contribution in [0.25, 0.3) is 54.1 Å². The Bertz CT molecular complexity index is 2110. The number of benzene rings is 2. The summed E-state index contributed by atoms with van der Waals surface area (Å²) in [6.07, 6.45) is 5.87. The number of pyridine rings is 1. The largest absolute Gasteiger partial charge is 0.481 e. The number of sulfonamides is 1. The lowest BCUT2D eigenvalue weighted by Crippen LogP contribution is -2.25. The number of methoxy groups -OCH3 is 1. The van der Waals surface area contributed by atoms with Crippen molar-refractivity contribution in [2.24, 2.45) is 0 Å². The fourth-order valence-corrected chi connectivity index (χ4v) is 6.31. The second kappa shape index (κ2) is 10.7. The van der Waals surface area contributed by atoms with E-state index < -0.39 is 21.7 Å². The average Bonchev–Trinajstić information content (AvgIpc) is 3.61. The molecule has 4 aromatic heterocycles. The molecule has 13 heteroatoms. The SMILES string of the molecule is CNC(=O)c1c(-c2ccc(F)cc2)oc2cc(N(C)S(C)(=O)=O)c(-c3cnc(OC)c(-c4cc5cncnc5s4)c3)cc12. The number of halogens is 1. The van der Waals surface area contributed by atoms with E-state index in [4.69, 9.17) is 9.15 Å². The van der Waals surface area contributed by atoms with Crippen molar-refractivity contribution in [2.45, 2.75) is 0 Å². The minimum Gasteiger partial charge on any atom is -0.481 e. The fraction of sp³-hybridized carbons (Fsp3) is 0.133. The Morgan fingerprint density at radius 1 is 1.05 bits per heavy atom. The molecule has 4 heterocycles. The second-order valence-electron chi connectivity index (χ2n) is 9.66. The standard InChI is InChI=1S/C30H24FN5O5S2/c1-32-28(37)26-21-11-20(17-9-22(29(40-3)34-14-17)25-10-18-13-33-15-35-30(18)42-25)23(36(2)43(4,38)39)12-24(21)41-27(26)16-5-7-19(31)8-6-16/h5-15H,1-4H3,(H,32,37). The minimum absolute atomic E-state index is 0.222. The molecule has 0 aliphatic rings. The summed E-state index contributed by atoms with van der Waals surface area (Å²) < 4.78 is 52.1. The van der Waals surface area contributed by atoms with Crippen molar-refractivity contribution in [1.29, 1.82) is 0 Å². The number of aromatic nitrogens is 3. The molecular formula is C30H24FN5O5S2. The van der Waals surface area contributed by atoms with Gasteiger partial charge in [-0.15, -0.1) is 11.3 Å². The number of furan rings is 1. The van der Waals surface area contributed by atoms with Gasteiger partial charge in [0.05, 0.1) is 30.2 Å². The summed E-state index contributed by atoms with van der Waals surface area (Å²) in [7, 11) is 0.737. The molecule has 0 aliphatic carbocycles. The first-order valence-corrected chi connectivity index (χ1v) is 15.5. The van der Waals surface area contributed by atoms with Gasteiger partial charge in [-0.25, -0.2) is 27.8 Å². The quantitative estimate of drug-likeness (QED) is 0.240. The third kappa shape index (κ3) is 5.06. The van der Waals surface area contributed by atoms with Gasteiger partial charge in [0, 0.05) is 64.9 Å². The summed E-state index contributed by atoms with van der Waals surface area (Å²) in [5, 5.41) is 3.94. The lowest BCUT2D eigenvalue weighted by Gasteiger charge is -2.21. The van der Waals surface area contributed by atoms with Gasteiger partial charge in [-0.3, -0.25) is 9.10 Å². The van der Waals surface area contributed by atoms with E-state index >= 15 is 0 Å². The predicted molar refractivity (Wildman–Crippen MR) is 164 cm³/mol. The van der Waals surface area contributed by atoms with Crippen LogP contribution < -0.4 is 14.4 Å². The molecule has 0 saturated heterocycles. The van der Waals surface area contributed by atoms with Crippen LogP contribution in [0.1, 0.15) is 10.4 Å². The first-order chi connectivity index (χ1) is 20.6. The van der Waals surface area contributed by atoms with E-state index in [0.29, 0.717) is 39.2 Å². The Kier molecular flexibility index (Phi) is 7.06. The maximum atomic E-state index is 13.7. The van der Waals surface area contributed by atoms with Gasteiger partial charge in [0.25, 0.3) is 5.91 Å². The molecule has 0 aliphatic heterocycles. The van der Waals surface area contributed by atoms with Gasteiger partial charge in [-0.05, 0) is 42.5 Å². The van der Waals surface area contributed by atoms with Crippen LogP contribution in [0, 0.1) is 5.82 Å². The molecule has 10 nitrogen and oxygen atoms in total. The normalized spacial score (nSPS) is 11.7. The summed E-state index contributed by atoms with van der Waals surface area (Å²) in [4.78, 5) is 27.8. The van der Waals surface area contributed by atoms with Crippen molar-refractivity contribution in [2.75, 3.05) is 31.8 Å². The number of hydrogen-bond donors (Lipinski definition) is 1.